The van der Waals surface area contributed by atoms with Gasteiger partial charge in [0.1, 0.15) is 30.0 Å². The summed E-state index contributed by atoms with van der Waals surface area (Å²) in [5.41, 5.74) is -2.08. The van der Waals surface area contributed by atoms with Gasteiger partial charge in [-0.25, -0.2) is 14.4 Å². The second kappa shape index (κ2) is 23.6. The maximum atomic E-state index is 15.9. The molecule has 3 fully saturated rings. The fraction of sp³-hybridized carbons (Fsp3) is 0.690. The Kier molecular flexibility index (Phi) is 18.9. The third kappa shape index (κ3) is 11.6. The van der Waals surface area contributed by atoms with E-state index in [0.29, 0.717) is 41.7 Å². The smallest absolute Gasteiger partial charge is 0.408 e. The maximum absolute atomic E-state index is 15.9. The molecule has 0 aromatic heterocycles. The lowest BCUT2D eigenvalue weighted by Crippen LogP contribution is -2.80. The average molecular weight is 1050 g/mol. The minimum atomic E-state index is -2.95. The van der Waals surface area contributed by atoms with Gasteiger partial charge in [-0.1, -0.05) is 111 Å². The third-order valence-electron chi connectivity index (χ3n) is 16.9. The van der Waals surface area contributed by atoms with Gasteiger partial charge in [0.05, 0.1) is 36.3 Å². The van der Waals surface area contributed by atoms with Gasteiger partial charge in [0.2, 0.25) is 8.32 Å². The summed E-state index contributed by atoms with van der Waals surface area (Å²) in [6, 6.07) is 16.9. The highest BCUT2D eigenvalue weighted by Crippen LogP contribution is 2.65. The number of amides is 1. The summed E-state index contributed by atoms with van der Waals surface area (Å²) in [4.78, 5) is 58.1. The standard InChI is InChI=1S/C58H87NO14Si/c1-34(2)74(35(3)4,36(5)6)73-49(46(39-25-19-17-20-26-39)59-54(64)72-55(9,10)11)53(63)69-42-31-41-47(70-52(62)40-27-21-18-22-28-40)50-57(14,43(66-16)32-44-58(50,33-68-44)71-38(8)60)51(61)48(67-30-24-23-29-65-15)45(37(42)7)56(41,12)13/h17-22,25-28,34-36,41-44,46-51,61H,23-24,29-33H2,1-16H3,(H,59,64)/t41-,42-,43-,44+,46-,47+,48+,49+,50-,51-,57+,58-/m0/s1. The normalized spacial score (nSPS) is 29.5. The Bertz CT molecular complexity index is 2260. The van der Waals surface area contributed by atoms with Crippen LogP contribution in [0.3, 0.4) is 0 Å². The molecule has 0 unspecified atom stereocenters. The number of carbonyl (C=O) groups is 4. The number of unbranched alkanes of at least 4 members (excludes halogenated alkanes) is 1. The van der Waals surface area contributed by atoms with E-state index in [1.807, 2.05) is 50.2 Å². The number of benzene rings is 2. The second-order valence-electron chi connectivity index (χ2n) is 23.8. The van der Waals surface area contributed by atoms with Gasteiger partial charge in [0.15, 0.2) is 11.7 Å². The number of fused-ring (bicyclic) bond motifs is 5. The van der Waals surface area contributed by atoms with Crippen LogP contribution in [0.4, 0.5) is 4.79 Å². The fourth-order valence-electron chi connectivity index (χ4n) is 13.6. The molecule has 6 rings (SSSR count). The third-order valence-corrected chi connectivity index (χ3v) is 23.0. The predicted octanol–water partition coefficient (Wildman–Crippen LogP) is 10.2. The van der Waals surface area contributed by atoms with Crippen LogP contribution in [0.5, 0.6) is 0 Å². The van der Waals surface area contributed by atoms with Crippen molar-refractivity contribution in [1.29, 1.82) is 0 Å². The lowest BCUT2D eigenvalue weighted by molar-refractivity contribution is -0.357. The molecule has 4 aliphatic rings. The van der Waals surface area contributed by atoms with E-state index in [4.69, 9.17) is 42.3 Å². The van der Waals surface area contributed by atoms with Gasteiger partial charge in [-0.15, -0.1) is 0 Å². The molecule has 3 aliphatic carbocycles. The molecule has 2 aromatic carbocycles. The Hall–Kier alpha value is -4.16. The highest BCUT2D eigenvalue weighted by atomic mass is 28.4. The molecule has 0 radical (unpaired) electrons. The lowest BCUT2D eigenvalue weighted by atomic mass is 9.45. The van der Waals surface area contributed by atoms with Crippen LogP contribution in [0.15, 0.2) is 71.8 Å². The summed E-state index contributed by atoms with van der Waals surface area (Å²) in [7, 11) is 0.276. The Morgan fingerprint density at radius 1 is 0.851 bits per heavy atom. The van der Waals surface area contributed by atoms with Crippen molar-refractivity contribution in [2.24, 2.45) is 22.7 Å². The SMILES string of the molecule is COCCCCO[C@@H]1C2=C(C)[C@@H](OC(=O)[C@H](O[Si](C(C)C)(C(C)C)C(C)C)[C@@H](NC(=O)OC(C)(C)C)c3ccccc3)C[C@@H]([C@@H](OC(=O)c3ccccc3)[C@@H]3[C@]4(OC(C)=O)CO[C@@H]4C[C@H](OC)[C@@]3(C)[C@H]1O)C2(C)C. The summed E-state index contributed by atoms with van der Waals surface area (Å²) in [5.74, 6) is -3.50. The zero-order valence-electron chi connectivity index (χ0n) is 47.0. The van der Waals surface area contributed by atoms with Crippen LogP contribution in [0.2, 0.25) is 16.6 Å². The highest BCUT2D eigenvalue weighted by Gasteiger charge is 2.75. The zero-order chi connectivity index (χ0) is 54.7. The molecule has 2 N–H and O–H groups in total. The first-order valence-electron chi connectivity index (χ1n) is 26.7. The molecule has 1 aliphatic heterocycles. The number of aliphatic hydroxyl groups excluding tert-OH is 1. The number of methoxy groups -OCH3 is 2. The molecule has 0 spiro atoms. The van der Waals surface area contributed by atoms with Crippen molar-refractivity contribution in [3.8, 4) is 0 Å². The molecular weight excluding hydrogens is 963 g/mol. The number of ether oxygens (including phenoxy) is 8. The summed E-state index contributed by atoms with van der Waals surface area (Å²) < 4.78 is 58.7. The Labute approximate surface area is 441 Å². The van der Waals surface area contributed by atoms with Crippen LogP contribution >= 0.6 is 0 Å². The van der Waals surface area contributed by atoms with E-state index in [0.717, 1.165) is 0 Å². The first-order valence-corrected chi connectivity index (χ1v) is 28.9. The number of alkyl carbamates (subject to hydrolysis) is 1. The number of carbonyl (C=O) groups excluding carboxylic acids is 4. The Morgan fingerprint density at radius 2 is 1.45 bits per heavy atom. The Balaban J connectivity index is 1.60. The van der Waals surface area contributed by atoms with Crippen molar-refractivity contribution >= 4 is 32.3 Å². The van der Waals surface area contributed by atoms with E-state index in [1.165, 1.54) is 6.92 Å². The van der Waals surface area contributed by atoms with E-state index in [-0.39, 0.29) is 42.7 Å². The largest absolute Gasteiger partial charge is 0.458 e. The molecule has 1 saturated heterocycles. The Morgan fingerprint density at radius 3 is 1.97 bits per heavy atom. The quantitative estimate of drug-likeness (QED) is 0.0420. The van der Waals surface area contributed by atoms with E-state index in [1.54, 1.807) is 59.3 Å². The van der Waals surface area contributed by atoms with E-state index in [2.05, 4.69) is 60.7 Å². The van der Waals surface area contributed by atoms with Crippen LogP contribution in [-0.2, 0) is 51.9 Å². The highest BCUT2D eigenvalue weighted by molar-refractivity contribution is 6.77. The fourth-order valence-corrected chi connectivity index (χ4v) is 19.1. The molecule has 74 heavy (non-hydrogen) atoms. The maximum Gasteiger partial charge on any atom is 0.408 e. The van der Waals surface area contributed by atoms with Gasteiger partial charge >= 0.3 is 24.0 Å². The van der Waals surface area contributed by atoms with Gasteiger partial charge in [0.25, 0.3) is 0 Å². The van der Waals surface area contributed by atoms with E-state index >= 15 is 4.79 Å². The number of aliphatic hydroxyl groups is 1. The first-order chi connectivity index (χ1) is 34.7. The lowest BCUT2D eigenvalue weighted by Gasteiger charge is -2.68. The number of esters is 3. The second-order valence-corrected chi connectivity index (χ2v) is 29.2. The number of rotatable bonds is 20. The molecule has 16 heteroatoms. The molecule has 2 aromatic rings. The molecule has 15 nitrogen and oxygen atoms in total. The van der Waals surface area contributed by atoms with Crippen molar-refractivity contribution in [1.82, 2.24) is 5.32 Å². The molecule has 412 valence electrons. The van der Waals surface area contributed by atoms with E-state index in [9.17, 15) is 19.5 Å². The van der Waals surface area contributed by atoms with Crippen molar-refractivity contribution in [2.45, 2.75) is 199 Å². The average Bonchev–Trinajstić information content (AvgIpc) is 3.31. The van der Waals surface area contributed by atoms with Gasteiger partial charge in [-0.2, -0.15) is 0 Å². The van der Waals surface area contributed by atoms with Crippen molar-refractivity contribution in [3.63, 3.8) is 0 Å². The minimum absolute atomic E-state index is 0.0202. The molecule has 1 heterocycles. The summed E-state index contributed by atoms with van der Waals surface area (Å²) in [5, 5.41) is 16.6. The van der Waals surface area contributed by atoms with Crippen LogP contribution in [0.25, 0.3) is 0 Å². The van der Waals surface area contributed by atoms with Crippen LogP contribution in [0, 0.1) is 22.7 Å². The number of hydrogen-bond donors (Lipinski definition) is 2. The van der Waals surface area contributed by atoms with Gasteiger partial charge in [-0.05, 0) is 97.8 Å². The monoisotopic (exact) mass is 1050 g/mol. The molecule has 2 bridgehead atoms. The summed E-state index contributed by atoms with van der Waals surface area (Å²) >= 11 is 0. The van der Waals surface area contributed by atoms with E-state index < -0.39 is 115 Å². The number of hydrogen-bond acceptors (Lipinski definition) is 14. The van der Waals surface area contributed by atoms with Crippen LogP contribution < -0.4 is 5.32 Å². The van der Waals surface area contributed by atoms with Crippen LogP contribution in [0.1, 0.15) is 145 Å². The minimum Gasteiger partial charge on any atom is -0.458 e. The van der Waals surface area contributed by atoms with Crippen LogP contribution in [-0.4, -0.2) is 125 Å². The van der Waals surface area contributed by atoms with Gasteiger partial charge in [-0.3, -0.25) is 4.79 Å². The molecule has 2 saturated carbocycles. The summed E-state index contributed by atoms with van der Waals surface area (Å²) in [6.07, 6.45) is -6.21. The first kappa shape index (κ1) is 59.1. The summed E-state index contributed by atoms with van der Waals surface area (Å²) in [6.45, 7) is 28.1. The molecular formula is C58H87NO14Si. The van der Waals surface area contributed by atoms with Gasteiger partial charge < -0.3 is 52.7 Å². The number of nitrogens with one attached hydrogen (secondary N) is 1. The molecule has 1 amide bonds. The van der Waals surface area contributed by atoms with Gasteiger partial charge in [0, 0.05) is 52.1 Å². The zero-order valence-corrected chi connectivity index (χ0v) is 48.0. The van der Waals surface area contributed by atoms with Crippen molar-refractivity contribution in [3.05, 3.63) is 82.9 Å². The topological polar surface area (TPSA) is 184 Å². The van der Waals surface area contributed by atoms with Crippen molar-refractivity contribution in [2.75, 3.05) is 34.0 Å². The predicted molar refractivity (Wildman–Crippen MR) is 283 cm³/mol. The van der Waals surface area contributed by atoms with Crippen molar-refractivity contribution < 1.29 is 66.6 Å². The molecule has 12 atom stereocenters.